The van der Waals surface area contributed by atoms with Crippen LogP contribution in [0.5, 0.6) is 11.5 Å². The summed E-state index contributed by atoms with van der Waals surface area (Å²) in [6.07, 6.45) is 1.53. The predicted octanol–water partition coefficient (Wildman–Crippen LogP) is 2.58. The first-order valence-corrected chi connectivity index (χ1v) is 8.47. The van der Waals surface area contributed by atoms with Crippen LogP contribution in [0.1, 0.15) is 17.5 Å². The van der Waals surface area contributed by atoms with E-state index in [1.165, 1.54) is 4.90 Å². The summed E-state index contributed by atoms with van der Waals surface area (Å²) in [5.41, 5.74) is 2.11. The fourth-order valence-electron chi connectivity index (χ4n) is 3.38. The van der Waals surface area contributed by atoms with Crippen molar-refractivity contribution in [2.45, 2.75) is 19.3 Å². The Kier molecular flexibility index (Phi) is 4.14. The molecule has 0 saturated carbocycles. The zero-order valence-corrected chi connectivity index (χ0v) is 13.8. The number of carbonyl (C=O) groups excluding carboxylic acids is 2. The standard InChI is InChI=1S/C20H19NO4/c22-19-12-16(10-14-4-2-1-3-5-14)20(23)21(19)9-8-15-6-7-17-18(11-15)25-13-24-17/h1-7,11,16H,8-10,12-13H2/t16-/m0/s1. The van der Waals surface area contributed by atoms with Crippen LogP contribution in [-0.2, 0) is 22.4 Å². The lowest BCUT2D eigenvalue weighted by atomic mass is 9.98. The van der Waals surface area contributed by atoms with Gasteiger partial charge in [0.25, 0.3) is 0 Å². The second-order valence-electron chi connectivity index (χ2n) is 6.41. The van der Waals surface area contributed by atoms with Gasteiger partial charge < -0.3 is 9.47 Å². The van der Waals surface area contributed by atoms with Crippen LogP contribution < -0.4 is 9.47 Å². The number of imide groups is 1. The molecular formula is C20H19NO4. The molecule has 25 heavy (non-hydrogen) atoms. The number of fused-ring (bicyclic) bond motifs is 1. The number of rotatable bonds is 5. The second-order valence-corrected chi connectivity index (χ2v) is 6.41. The Bertz CT molecular complexity index is 803. The van der Waals surface area contributed by atoms with Gasteiger partial charge in [0, 0.05) is 13.0 Å². The number of likely N-dealkylation sites (tertiary alicyclic amines) is 1. The summed E-state index contributed by atoms with van der Waals surface area (Å²) in [5, 5.41) is 0. The molecule has 0 spiro atoms. The van der Waals surface area contributed by atoms with Crippen molar-refractivity contribution in [2.24, 2.45) is 5.92 Å². The average molecular weight is 337 g/mol. The van der Waals surface area contributed by atoms with Gasteiger partial charge in [0.05, 0.1) is 5.92 Å². The molecule has 128 valence electrons. The summed E-state index contributed by atoms with van der Waals surface area (Å²) in [7, 11) is 0. The van der Waals surface area contributed by atoms with Gasteiger partial charge >= 0.3 is 0 Å². The lowest BCUT2D eigenvalue weighted by Crippen LogP contribution is -2.33. The van der Waals surface area contributed by atoms with Crippen LogP contribution in [0.4, 0.5) is 0 Å². The number of hydrogen-bond acceptors (Lipinski definition) is 4. The summed E-state index contributed by atoms with van der Waals surface area (Å²) in [4.78, 5) is 26.2. The molecular weight excluding hydrogens is 318 g/mol. The number of amides is 2. The molecule has 0 radical (unpaired) electrons. The lowest BCUT2D eigenvalue weighted by molar-refractivity contribution is -0.139. The van der Waals surface area contributed by atoms with Crippen molar-refractivity contribution in [3.05, 3.63) is 59.7 Å². The van der Waals surface area contributed by atoms with Gasteiger partial charge in [0.2, 0.25) is 18.6 Å². The molecule has 2 aliphatic heterocycles. The van der Waals surface area contributed by atoms with Crippen LogP contribution in [0, 0.1) is 5.92 Å². The number of nitrogens with zero attached hydrogens (tertiary/aromatic N) is 1. The van der Waals surface area contributed by atoms with E-state index in [1.54, 1.807) is 0 Å². The van der Waals surface area contributed by atoms with Crippen LogP contribution in [0.25, 0.3) is 0 Å². The third-order valence-electron chi connectivity index (χ3n) is 4.72. The molecule has 0 unspecified atom stereocenters. The Morgan fingerprint density at radius 3 is 2.60 bits per heavy atom. The number of ether oxygens (including phenoxy) is 2. The SMILES string of the molecule is O=C1C[C@H](Cc2ccccc2)C(=O)N1CCc1ccc2c(c1)OCO2. The van der Waals surface area contributed by atoms with Crippen molar-refractivity contribution in [1.29, 1.82) is 0 Å². The van der Waals surface area contributed by atoms with Crippen molar-refractivity contribution in [2.75, 3.05) is 13.3 Å². The predicted molar refractivity (Wildman–Crippen MR) is 91.2 cm³/mol. The van der Waals surface area contributed by atoms with Crippen molar-refractivity contribution in [3.8, 4) is 11.5 Å². The van der Waals surface area contributed by atoms with Crippen molar-refractivity contribution >= 4 is 11.8 Å². The number of carbonyl (C=O) groups is 2. The average Bonchev–Trinajstić information content (AvgIpc) is 3.19. The fraction of sp³-hybridized carbons (Fsp3) is 0.300. The molecule has 4 rings (SSSR count). The maximum absolute atomic E-state index is 12.6. The molecule has 5 nitrogen and oxygen atoms in total. The molecule has 0 bridgehead atoms. The molecule has 1 saturated heterocycles. The molecule has 0 aromatic heterocycles. The first-order valence-electron chi connectivity index (χ1n) is 8.47. The minimum Gasteiger partial charge on any atom is -0.454 e. The molecule has 2 aromatic carbocycles. The van der Waals surface area contributed by atoms with E-state index >= 15 is 0 Å². The fourth-order valence-corrected chi connectivity index (χ4v) is 3.38. The van der Waals surface area contributed by atoms with E-state index in [0.29, 0.717) is 25.8 Å². The first-order chi connectivity index (χ1) is 12.2. The van der Waals surface area contributed by atoms with Gasteiger partial charge in [-0.05, 0) is 36.1 Å². The summed E-state index contributed by atoms with van der Waals surface area (Å²) >= 11 is 0. The number of benzene rings is 2. The van der Waals surface area contributed by atoms with Crippen molar-refractivity contribution in [3.63, 3.8) is 0 Å². The quantitative estimate of drug-likeness (QED) is 0.787. The molecule has 0 N–H and O–H groups in total. The molecule has 2 heterocycles. The molecule has 1 atom stereocenters. The Morgan fingerprint density at radius 2 is 1.76 bits per heavy atom. The lowest BCUT2D eigenvalue weighted by Gasteiger charge is -2.15. The van der Waals surface area contributed by atoms with Crippen LogP contribution in [0.15, 0.2) is 48.5 Å². The minimum absolute atomic E-state index is 0.0606. The Morgan fingerprint density at radius 1 is 0.960 bits per heavy atom. The monoisotopic (exact) mass is 337 g/mol. The second kappa shape index (κ2) is 6.59. The van der Waals surface area contributed by atoms with Crippen LogP contribution in [0.3, 0.4) is 0 Å². The largest absolute Gasteiger partial charge is 0.454 e. The maximum Gasteiger partial charge on any atom is 0.233 e. The van der Waals surface area contributed by atoms with E-state index < -0.39 is 0 Å². The Hall–Kier alpha value is -2.82. The van der Waals surface area contributed by atoms with Gasteiger partial charge in [-0.1, -0.05) is 36.4 Å². The maximum atomic E-state index is 12.6. The van der Waals surface area contributed by atoms with Gasteiger partial charge in [-0.25, -0.2) is 0 Å². The summed E-state index contributed by atoms with van der Waals surface area (Å²) in [6, 6.07) is 15.6. The van der Waals surface area contributed by atoms with E-state index in [0.717, 1.165) is 22.6 Å². The Labute approximate surface area is 146 Å². The first kappa shape index (κ1) is 15.7. The zero-order chi connectivity index (χ0) is 17.2. The number of hydrogen-bond donors (Lipinski definition) is 0. The van der Waals surface area contributed by atoms with Gasteiger partial charge in [0.15, 0.2) is 11.5 Å². The molecule has 0 aliphatic carbocycles. The highest BCUT2D eigenvalue weighted by Crippen LogP contribution is 2.33. The van der Waals surface area contributed by atoms with Gasteiger partial charge in [0.1, 0.15) is 0 Å². The summed E-state index contributed by atoms with van der Waals surface area (Å²) in [5.74, 6) is 1.08. The summed E-state index contributed by atoms with van der Waals surface area (Å²) < 4.78 is 10.7. The highest BCUT2D eigenvalue weighted by molar-refractivity contribution is 6.03. The normalized spacial score (nSPS) is 18.9. The molecule has 5 heteroatoms. The van der Waals surface area contributed by atoms with E-state index in [9.17, 15) is 9.59 Å². The van der Waals surface area contributed by atoms with Gasteiger partial charge in [-0.2, -0.15) is 0 Å². The highest BCUT2D eigenvalue weighted by atomic mass is 16.7. The molecule has 2 amide bonds. The van der Waals surface area contributed by atoms with E-state index in [4.69, 9.17) is 9.47 Å². The van der Waals surface area contributed by atoms with Crippen molar-refractivity contribution in [1.82, 2.24) is 4.90 Å². The van der Waals surface area contributed by atoms with Crippen molar-refractivity contribution < 1.29 is 19.1 Å². The van der Waals surface area contributed by atoms with Crippen LogP contribution >= 0.6 is 0 Å². The third kappa shape index (κ3) is 3.22. The van der Waals surface area contributed by atoms with Crippen LogP contribution in [-0.4, -0.2) is 30.1 Å². The smallest absolute Gasteiger partial charge is 0.233 e. The highest BCUT2D eigenvalue weighted by Gasteiger charge is 2.37. The topological polar surface area (TPSA) is 55.8 Å². The molecule has 2 aromatic rings. The van der Waals surface area contributed by atoms with E-state index in [-0.39, 0.29) is 24.5 Å². The van der Waals surface area contributed by atoms with Gasteiger partial charge in [-0.3, -0.25) is 14.5 Å². The molecule has 2 aliphatic rings. The van der Waals surface area contributed by atoms with E-state index in [1.807, 2.05) is 48.5 Å². The van der Waals surface area contributed by atoms with E-state index in [2.05, 4.69) is 0 Å². The van der Waals surface area contributed by atoms with Gasteiger partial charge in [-0.15, -0.1) is 0 Å². The zero-order valence-electron chi connectivity index (χ0n) is 13.8. The summed E-state index contributed by atoms with van der Waals surface area (Å²) in [6.45, 7) is 0.644. The Balaban J connectivity index is 1.39. The third-order valence-corrected chi connectivity index (χ3v) is 4.72. The minimum atomic E-state index is -0.244. The molecule has 1 fully saturated rings. The van der Waals surface area contributed by atoms with Crippen LogP contribution in [0.2, 0.25) is 0 Å².